The van der Waals surface area contributed by atoms with Crippen LogP contribution in [0.4, 0.5) is 0 Å². The first-order valence-electron chi connectivity index (χ1n) is 28.2. The van der Waals surface area contributed by atoms with E-state index in [1.54, 1.807) is 6.08 Å². The number of amides is 1. The van der Waals surface area contributed by atoms with E-state index in [9.17, 15) is 35.1 Å². The Morgan fingerprint density at radius 2 is 1.00 bits per heavy atom. The molecule has 0 aliphatic carbocycles. The number of unbranched alkanes of at least 4 members (excludes halogenated alkanes) is 15. The van der Waals surface area contributed by atoms with Crippen LogP contribution in [0.25, 0.3) is 0 Å². The van der Waals surface area contributed by atoms with Gasteiger partial charge in [0.2, 0.25) is 5.91 Å². The molecule has 0 spiro atoms. The molecule has 11 heteroatoms. The first-order valence-corrected chi connectivity index (χ1v) is 28.2. The molecule has 1 fully saturated rings. The fourth-order valence-corrected chi connectivity index (χ4v) is 7.99. The highest BCUT2D eigenvalue weighted by Gasteiger charge is 2.47. The summed E-state index contributed by atoms with van der Waals surface area (Å²) in [4.78, 5) is 26.4. The molecule has 0 saturated carbocycles. The summed E-state index contributed by atoms with van der Waals surface area (Å²) >= 11 is 0. The van der Waals surface area contributed by atoms with Crippen LogP contribution in [0.5, 0.6) is 0 Å². The topological polar surface area (TPSA) is 175 Å². The number of allylic oxidation sites excluding steroid dienone is 17. The molecule has 8 unspecified atom stereocenters. The molecule has 1 rings (SSSR count). The van der Waals surface area contributed by atoms with Gasteiger partial charge in [-0.2, -0.15) is 0 Å². The first kappa shape index (κ1) is 66.3. The number of carbonyl (C=O) groups is 2. The second-order valence-electron chi connectivity index (χ2n) is 18.9. The second kappa shape index (κ2) is 48.3. The fourth-order valence-electron chi connectivity index (χ4n) is 7.99. The highest BCUT2D eigenvalue weighted by Crippen LogP contribution is 2.26. The van der Waals surface area contributed by atoms with Crippen molar-refractivity contribution in [2.24, 2.45) is 0 Å². The number of nitrogens with one attached hydrogen (secondary N) is 1. The molecule has 8 atom stereocenters. The molecule has 72 heavy (non-hydrogen) atoms. The first-order chi connectivity index (χ1) is 35.2. The van der Waals surface area contributed by atoms with Crippen molar-refractivity contribution >= 4 is 11.9 Å². The number of aliphatic hydroxyl groups excluding tert-OH is 5. The largest absolute Gasteiger partial charge is 0.454 e. The van der Waals surface area contributed by atoms with E-state index in [-0.39, 0.29) is 19.4 Å². The molecule has 0 radical (unpaired) electrons. The van der Waals surface area contributed by atoms with Gasteiger partial charge in [0.05, 0.1) is 25.4 Å². The Balaban J connectivity index is 2.82. The van der Waals surface area contributed by atoms with Crippen LogP contribution in [-0.2, 0) is 23.8 Å². The average Bonchev–Trinajstić information content (AvgIpc) is 3.38. The molecular formula is C61H101NO10. The zero-order chi connectivity index (χ0) is 52.5. The average molecular weight is 1010 g/mol. The Morgan fingerprint density at radius 3 is 1.50 bits per heavy atom. The van der Waals surface area contributed by atoms with Crippen LogP contribution < -0.4 is 5.32 Å². The van der Waals surface area contributed by atoms with Gasteiger partial charge in [0.25, 0.3) is 0 Å². The van der Waals surface area contributed by atoms with Crippen LogP contribution in [0.2, 0.25) is 0 Å². The summed E-state index contributed by atoms with van der Waals surface area (Å²) in [6.45, 7) is 5.48. The second-order valence-corrected chi connectivity index (χ2v) is 18.9. The van der Waals surface area contributed by atoms with E-state index in [2.05, 4.69) is 111 Å². The summed E-state index contributed by atoms with van der Waals surface area (Å²) < 4.78 is 17.5. The van der Waals surface area contributed by atoms with Crippen LogP contribution >= 0.6 is 0 Å². The van der Waals surface area contributed by atoms with Gasteiger partial charge in [0, 0.05) is 6.42 Å². The van der Waals surface area contributed by atoms with E-state index in [1.165, 1.54) is 51.4 Å². The molecule has 0 aromatic rings. The number of hydrogen-bond acceptors (Lipinski definition) is 10. The highest BCUT2D eigenvalue weighted by atomic mass is 16.7. The molecule has 1 saturated heterocycles. The highest BCUT2D eigenvalue weighted by molar-refractivity contribution is 5.80. The number of hydrogen-bond donors (Lipinski definition) is 6. The van der Waals surface area contributed by atoms with Crippen molar-refractivity contribution in [2.75, 3.05) is 13.2 Å². The van der Waals surface area contributed by atoms with Crippen molar-refractivity contribution < 1.29 is 49.3 Å². The van der Waals surface area contributed by atoms with Gasteiger partial charge in [-0.25, -0.2) is 0 Å². The quantitative estimate of drug-likeness (QED) is 0.0196. The van der Waals surface area contributed by atoms with Crippen molar-refractivity contribution in [2.45, 2.75) is 250 Å². The molecule has 0 aromatic carbocycles. The monoisotopic (exact) mass is 1010 g/mol. The van der Waals surface area contributed by atoms with Crippen molar-refractivity contribution in [1.82, 2.24) is 5.32 Å². The Labute approximate surface area is 437 Å². The molecule has 0 bridgehead atoms. The number of aliphatic hydroxyl groups is 5. The van der Waals surface area contributed by atoms with Crippen LogP contribution in [0, 0.1) is 0 Å². The van der Waals surface area contributed by atoms with Crippen molar-refractivity contribution in [3.63, 3.8) is 0 Å². The lowest BCUT2D eigenvalue weighted by molar-refractivity contribution is -0.305. The van der Waals surface area contributed by atoms with Crippen molar-refractivity contribution in [3.05, 3.63) is 109 Å². The number of ether oxygens (including phenoxy) is 3. The van der Waals surface area contributed by atoms with Gasteiger partial charge in [0.15, 0.2) is 12.4 Å². The lowest BCUT2D eigenvalue weighted by Crippen LogP contribution is -2.61. The molecule has 11 nitrogen and oxygen atoms in total. The molecule has 1 amide bonds. The molecule has 1 aliphatic rings. The van der Waals surface area contributed by atoms with Crippen molar-refractivity contribution in [1.29, 1.82) is 0 Å². The third kappa shape index (κ3) is 36.3. The Bertz CT molecular complexity index is 1580. The van der Waals surface area contributed by atoms with Gasteiger partial charge >= 0.3 is 5.97 Å². The predicted molar refractivity (Wildman–Crippen MR) is 296 cm³/mol. The van der Waals surface area contributed by atoms with Crippen LogP contribution in [-0.4, -0.2) is 99.6 Å². The number of esters is 1. The standard InChI is InChI=1S/C61H101NO10/c1-4-7-10-13-16-19-22-25-27-28-30-33-36-39-42-45-48-54(65)60(69)62-52(53(64)47-44-41-38-35-32-29-24-21-18-15-12-9-6-3)51-70-61-59(58(68)57(67)55(50-63)71-61)72-56(66)49-46-43-40-37-34-31-26-23-20-17-14-11-8-5-2/h7-8,10-11,16-17,19-20,25-27,30-31,33,39,42,44,47,52-55,57-59,61,63-65,67-68H,4-6,9,12-15,18,21-24,28-29,32,34-38,40-41,43,45-46,48-51H2,1-3H3,(H,62,69)/b10-7-,11-8+,19-16-,20-17+,27-25-,31-26+,33-30-,42-39-,47-44+. The van der Waals surface area contributed by atoms with Gasteiger partial charge in [-0.3, -0.25) is 9.59 Å². The summed E-state index contributed by atoms with van der Waals surface area (Å²) in [6, 6.07) is -1.06. The summed E-state index contributed by atoms with van der Waals surface area (Å²) in [5.41, 5.74) is 0. The maximum atomic E-state index is 13.4. The van der Waals surface area contributed by atoms with Gasteiger partial charge in [-0.15, -0.1) is 0 Å². The third-order valence-electron chi connectivity index (χ3n) is 12.4. The lowest BCUT2D eigenvalue weighted by atomic mass is 9.99. The normalized spacial score (nSPS) is 20.4. The molecule has 6 N–H and O–H groups in total. The summed E-state index contributed by atoms with van der Waals surface area (Å²) in [5.74, 6) is -1.29. The Kier molecular flexibility index (Phi) is 44.5. The van der Waals surface area contributed by atoms with E-state index in [0.717, 1.165) is 103 Å². The zero-order valence-corrected chi connectivity index (χ0v) is 45.0. The molecule has 1 heterocycles. The summed E-state index contributed by atoms with van der Waals surface area (Å²) in [7, 11) is 0. The minimum Gasteiger partial charge on any atom is -0.454 e. The van der Waals surface area contributed by atoms with E-state index >= 15 is 0 Å². The van der Waals surface area contributed by atoms with Crippen molar-refractivity contribution in [3.8, 4) is 0 Å². The number of carbonyl (C=O) groups excluding carboxylic acids is 2. The van der Waals surface area contributed by atoms with E-state index in [0.29, 0.717) is 12.8 Å². The third-order valence-corrected chi connectivity index (χ3v) is 12.4. The minimum absolute atomic E-state index is 0.0847. The van der Waals surface area contributed by atoms with Gasteiger partial charge < -0.3 is 45.1 Å². The summed E-state index contributed by atoms with van der Waals surface area (Å²) in [5, 5.41) is 56.7. The predicted octanol–water partition coefficient (Wildman–Crippen LogP) is 12.5. The van der Waals surface area contributed by atoms with E-state index in [1.807, 2.05) is 18.2 Å². The minimum atomic E-state index is -1.64. The fraction of sp³-hybridized carbons (Fsp3) is 0.672. The van der Waals surface area contributed by atoms with Gasteiger partial charge in [-0.1, -0.05) is 207 Å². The Morgan fingerprint density at radius 1 is 0.556 bits per heavy atom. The van der Waals surface area contributed by atoms with Crippen LogP contribution in [0.3, 0.4) is 0 Å². The van der Waals surface area contributed by atoms with Gasteiger partial charge in [-0.05, 0) is 96.3 Å². The van der Waals surface area contributed by atoms with Crippen LogP contribution in [0.1, 0.15) is 201 Å². The maximum Gasteiger partial charge on any atom is 0.306 e. The lowest BCUT2D eigenvalue weighted by Gasteiger charge is -2.41. The van der Waals surface area contributed by atoms with Crippen LogP contribution in [0.15, 0.2) is 109 Å². The van der Waals surface area contributed by atoms with E-state index in [4.69, 9.17) is 14.2 Å². The van der Waals surface area contributed by atoms with E-state index < -0.39 is 67.4 Å². The SMILES string of the molecule is CC/C=C\C/C=C\C/C=C\C/C=C\C/C=C\CCC(O)C(=O)NC(COC1OC(CO)C(O)C(O)C1OC(=O)CCCCCC/C=C/C/C=C/C/C=C/CC)C(O)/C=C/CCCCCCCCCCCCC. The summed E-state index contributed by atoms with van der Waals surface area (Å²) in [6.07, 6.45) is 54.3. The Hall–Kier alpha value is -3.68. The smallest absolute Gasteiger partial charge is 0.306 e. The molecule has 410 valence electrons. The molecule has 1 aliphatic heterocycles. The maximum absolute atomic E-state index is 13.4. The van der Waals surface area contributed by atoms with Gasteiger partial charge in [0.1, 0.15) is 24.4 Å². The number of rotatable bonds is 45. The molecule has 0 aromatic heterocycles. The molecular weight excluding hydrogens is 907 g/mol. The zero-order valence-electron chi connectivity index (χ0n) is 45.0.